The maximum absolute atomic E-state index is 11.9. The lowest BCUT2D eigenvalue weighted by Gasteiger charge is -2.18. The number of hydrogen-bond acceptors (Lipinski definition) is 3. The predicted octanol–water partition coefficient (Wildman–Crippen LogP) is 2.55. The van der Waals surface area contributed by atoms with Crippen molar-refractivity contribution in [3.63, 3.8) is 0 Å². The number of halogens is 1. The first-order chi connectivity index (χ1) is 7.35. The van der Waals surface area contributed by atoms with Gasteiger partial charge in [-0.2, -0.15) is 5.10 Å². The van der Waals surface area contributed by atoms with E-state index in [0.717, 1.165) is 0 Å². The zero-order valence-corrected chi connectivity index (χ0v) is 10.8. The minimum Gasteiger partial charge on any atom is -0.368 e. The van der Waals surface area contributed by atoms with Crippen molar-refractivity contribution in [3.05, 3.63) is 16.9 Å². The van der Waals surface area contributed by atoms with Crippen molar-refractivity contribution in [2.24, 2.45) is 0 Å². The van der Waals surface area contributed by atoms with E-state index in [4.69, 9.17) is 16.3 Å². The SMILES string of the molecule is CCn1ncc(Cl)c1C(=O)COC(C)(C)C. The van der Waals surface area contributed by atoms with Gasteiger partial charge in [-0.15, -0.1) is 0 Å². The van der Waals surface area contributed by atoms with Crippen LogP contribution in [-0.4, -0.2) is 27.8 Å². The Morgan fingerprint density at radius 3 is 2.69 bits per heavy atom. The van der Waals surface area contributed by atoms with Crippen molar-refractivity contribution >= 4 is 17.4 Å². The van der Waals surface area contributed by atoms with Crippen LogP contribution in [0.1, 0.15) is 38.2 Å². The number of aryl methyl sites for hydroxylation is 1. The molecule has 0 amide bonds. The molecule has 0 aromatic carbocycles. The zero-order chi connectivity index (χ0) is 12.3. The highest BCUT2D eigenvalue weighted by Crippen LogP contribution is 2.17. The lowest BCUT2D eigenvalue weighted by atomic mass is 10.2. The Bertz CT molecular complexity index is 380. The minimum absolute atomic E-state index is 0.0227. The van der Waals surface area contributed by atoms with Gasteiger partial charge in [0.05, 0.1) is 16.8 Å². The van der Waals surface area contributed by atoms with E-state index in [1.54, 1.807) is 4.68 Å². The number of ether oxygens (including phenoxy) is 1. The molecule has 0 saturated carbocycles. The van der Waals surface area contributed by atoms with E-state index in [1.165, 1.54) is 6.20 Å². The van der Waals surface area contributed by atoms with Gasteiger partial charge in [0, 0.05) is 6.54 Å². The fourth-order valence-electron chi connectivity index (χ4n) is 1.23. The average Bonchev–Trinajstić information content (AvgIpc) is 2.55. The monoisotopic (exact) mass is 244 g/mol. The zero-order valence-electron chi connectivity index (χ0n) is 10.1. The highest BCUT2D eigenvalue weighted by atomic mass is 35.5. The molecule has 0 aliphatic rings. The molecule has 0 N–H and O–H groups in total. The van der Waals surface area contributed by atoms with Crippen LogP contribution in [0.5, 0.6) is 0 Å². The van der Waals surface area contributed by atoms with Crippen molar-refractivity contribution in [1.29, 1.82) is 0 Å². The Hall–Kier alpha value is -0.870. The van der Waals surface area contributed by atoms with Crippen LogP contribution in [0.15, 0.2) is 6.20 Å². The van der Waals surface area contributed by atoms with Gasteiger partial charge in [-0.05, 0) is 27.7 Å². The summed E-state index contributed by atoms with van der Waals surface area (Å²) >= 11 is 5.91. The maximum atomic E-state index is 11.9. The van der Waals surface area contributed by atoms with Crippen LogP contribution < -0.4 is 0 Å². The number of aromatic nitrogens is 2. The van der Waals surface area contributed by atoms with Crippen molar-refractivity contribution in [3.8, 4) is 0 Å². The normalized spacial score (nSPS) is 11.8. The number of rotatable bonds is 4. The van der Waals surface area contributed by atoms with Crippen LogP contribution in [0.25, 0.3) is 0 Å². The third-order valence-corrected chi connectivity index (χ3v) is 2.27. The average molecular weight is 245 g/mol. The van der Waals surface area contributed by atoms with Crippen molar-refractivity contribution < 1.29 is 9.53 Å². The van der Waals surface area contributed by atoms with Crippen LogP contribution in [0.2, 0.25) is 5.02 Å². The van der Waals surface area contributed by atoms with Crippen molar-refractivity contribution in [2.45, 2.75) is 39.8 Å². The first-order valence-corrected chi connectivity index (χ1v) is 5.61. The highest BCUT2D eigenvalue weighted by molar-refractivity contribution is 6.33. The van der Waals surface area contributed by atoms with Gasteiger partial charge in [0.15, 0.2) is 0 Å². The molecule has 5 heteroatoms. The van der Waals surface area contributed by atoms with Gasteiger partial charge < -0.3 is 4.74 Å². The largest absolute Gasteiger partial charge is 0.368 e. The standard InChI is InChI=1S/C11H17ClN2O2/c1-5-14-10(8(12)6-13-14)9(15)7-16-11(2,3)4/h6H,5,7H2,1-4H3. The number of hydrogen-bond donors (Lipinski definition) is 0. The molecule has 0 radical (unpaired) electrons. The first kappa shape index (κ1) is 13.2. The molecule has 4 nitrogen and oxygen atoms in total. The molecule has 1 aromatic heterocycles. The number of Topliss-reactive ketones (excluding diaryl/α,β-unsaturated/α-hetero) is 1. The molecule has 0 aliphatic heterocycles. The summed E-state index contributed by atoms with van der Waals surface area (Å²) in [5.74, 6) is -0.140. The Balaban J connectivity index is 2.76. The van der Waals surface area contributed by atoms with Crippen molar-refractivity contribution in [1.82, 2.24) is 9.78 Å². The van der Waals surface area contributed by atoms with E-state index in [-0.39, 0.29) is 18.0 Å². The van der Waals surface area contributed by atoms with Gasteiger partial charge in [-0.1, -0.05) is 11.6 Å². The van der Waals surface area contributed by atoms with Gasteiger partial charge in [0.2, 0.25) is 5.78 Å². The molecule has 0 atom stereocenters. The summed E-state index contributed by atoms with van der Waals surface area (Å²) in [4.78, 5) is 11.9. The molecule has 0 bridgehead atoms. The molecule has 0 unspecified atom stereocenters. The van der Waals surface area contributed by atoms with Gasteiger partial charge >= 0.3 is 0 Å². The number of carbonyl (C=O) groups is 1. The molecule has 0 saturated heterocycles. The fourth-order valence-corrected chi connectivity index (χ4v) is 1.48. The van der Waals surface area contributed by atoms with Crippen LogP contribution in [0, 0.1) is 0 Å². The summed E-state index contributed by atoms with van der Waals surface area (Å²) in [6.07, 6.45) is 1.48. The Morgan fingerprint density at radius 2 is 2.19 bits per heavy atom. The maximum Gasteiger partial charge on any atom is 0.207 e. The smallest absolute Gasteiger partial charge is 0.207 e. The van der Waals surface area contributed by atoms with Crippen molar-refractivity contribution in [2.75, 3.05) is 6.61 Å². The second-order valence-electron chi connectivity index (χ2n) is 4.48. The van der Waals surface area contributed by atoms with Gasteiger partial charge in [-0.25, -0.2) is 0 Å². The summed E-state index contributed by atoms with van der Waals surface area (Å²) in [6, 6.07) is 0. The van der Waals surface area contributed by atoms with E-state index in [2.05, 4.69) is 5.10 Å². The molecule has 0 fully saturated rings. The third kappa shape index (κ3) is 3.32. The number of ketones is 1. The van der Waals surface area contributed by atoms with E-state index >= 15 is 0 Å². The lowest BCUT2D eigenvalue weighted by molar-refractivity contribution is 0.00266. The van der Waals surface area contributed by atoms with Crippen LogP contribution in [-0.2, 0) is 11.3 Å². The molecular formula is C11H17ClN2O2. The first-order valence-electron chi connectivity index (χ1n) is 5.23. The van der Waals surface area contributed by atoms with E-state index < -0.39 is 0 Å². The summed E-state index contributed by atoms with van der Waals surface area (Å²) in [5, 5.41) is 4.39. The molecule has 1 aromatic rings. The van der Waals surface area contributed by atoms with Crippen LogP contribution >= 0.6 is 11.6 Å². The van der Waals surface area contributed by atoms with Crippen LogP contribution in [0.4, 0.5) is 0 Å². The van der Waals surface area contributed by atoms with Gasteiger partial charge in [0.1, 0.15) is 12.3 Å². The highest BCUT2D eigenvalue weighted by Gasteiger charge is 2.19. The second kappa shape index (κ2) is 4.97. The molecular weight excluding hydrogens is 228 g/mol. The summed E-state index contributed by atoms with van der Waals surface area (Å²) in [7, 11) is 0. The topological polar surface area (TPSA) is 44.1 Å². The number of nitrogens with zero attached hydrogens (tertiary/aromatic N) is 2. The molecule has 90 valence electrons. The quantitative estimate of drug-likeness (QED) is 0.765. The minimum atomic E-state index is -0.334. The lowest BCUT2D eigenvalue weighted by Crippen LogP contribution is -2.25. The molecule has 0 aliphatic carbocycles. The number of carbonyl (C=O) groups excluding carboxylic acids is 1. The Kier molecular flexibility index (Phi) is 4.10. The van der Waals surface area contributed by atoms with E-state index in [1.807, 2.05) is 27.7 Å². The van der Waals surface area contributed by atoms with Gasteiger partial charge in [0.25, 0.3) is 0 Å². The van der Waals surface area contributed by atoms with E-state index in [9.17, 15) is 4.79 Å². The Morgan fingerprint density at radius 1 is 1.56 bits per heavy atom. The molecule has 1 rings (SSSR count). The third-order valence-electron chi connectivity index (χ3n) is 1.99. The summed E-state index contributed by atoms with van der Waals surface area (Å²) in [5.41, 5.74) is 0.0903. The van der Waals surface area contributed by atoms with Gasteiger partial charge in [-0.3, -0.25) is 9.48 Å². The summed E-state index contributed by atoms with van der Waals surface area (Å²) in [6.45, 7) is 8.25. The predicted molar refractivity (Wildman–Crippen MR) is 62.9 cm³/mol. The Labute approximate surface area is 101 Å². The molecule has 1 heterocycles. The molecule has 16 heavy (non-hydrogen) atoms. The van der Waals surface area contributed by atoms with E-state index in [0.29, 0.717) is 17.3 Å². The van der Waals surface area contributed by atoms with Crippen LogP contribution in [0.3, 0.4) is 0 Å². The second-order valence-corrected chi connectivity index (χ2v) is 4.89. The summed E-state index contributed by atoms with van der Waals surface area (Å²) < 4.78 is 7.00. The molecule has 0 spiro atoms. The fraction of sp³-hybridized carbons (Fsp3) is 0.636.